The lowest BCUT2D eigenvalue weighted by molar-refractivity contribution is 0.0948. The van der Waals surface area contributed by atoms with Crippen molar-refractivity contribution in [3.05, 3.63) is 95.1 Å². The molecule has 4 N–H and O–H groups in total. The Bertz CT molecular complexity index is 1750. The molecule has 0 aromatic heterocycles. The predicted molar refractivity (Wildman–Crippen MR) is 182 cm³/mol. The summed E-state index contributed by atoms with van der Waals surface area (Å²) < 4.78 is 27.1. The molecule has 0 spiro atoms. The average molecular weight is 658 g/mol. The molecule has 0 aliphatic heterocycles. The molecule has 1 unspecified atom stereocenters. The highest BCUT2D eigenvalue weighted by Gasteiger charge is 2.24. The van der Waals surface area contributed by atoms with Gasteiger partial charge in [0.05, 0.1) is 46.8 Å². The van der Waals surface area contributed by atoms with E-state index in [0.29, 0.717) is 57.7 Å². The average Bonchev–Trinajstić information content (AvgIpc) is 3.09. The van der Waals surface area contributed by atoms with Crippen molar-refractivity contribution >= 4 is 29.1 Å². The van der Waals surface area contributed by atoms with Crippen LogP contribution in [0.4, 0.5) is 16.2 Å². The number of nitrogens with one attached hydrogen (secondary N) is 3. The fraction of sp³-hybridized carbons (Fsp3) is 0.250. The van der Waals surface area contributed by atoms with Crippen LogP contribution >= 0.6 is 0 Å². The maximum Gasteiger partial charge on any atom is 0.323 e. The topological polar surface area (TPSA) is 154 Å². The number of rotatable bonds is 14. The summed E-state index contributed by atoms with van der Waals surface area (Å²) in [5.41, 5.74) is 3.03. The van der Waals surface area contributed by atoms with Crippen LogP contribution in [-0.2, 0) is 0 Å². The fourth-order valence-corrected chi connectivity index (χ4v) is 5.33. The summed E-state index contributed by atoms with van der Waals surface area (Å²) in [6.07, 6.45) is 0.392. The molecule has 4 aromatic rings. The lowest BCUT2D eigenvalue weighted by Crippen LogP contribution is -2.26. The van der Waals surface area contributed by atoms with Gasteiger partial charge in [0.25, 0.3) is 5.91 Å². The van der Waals surface area contributed by atoms with Crippen LogP contribution in [0, 0.1) is 0 Å². The number of carbonyl (C=O) groups excluding carboxylic acids is 3. The Morgan fingerprint density at radius 1 is 0.688 bits per heavy atom. The van der Waals surface area contributed by atoms with Gasteiger partial charge < -0.3 is 44.7 Å². The summed E-state index contributed by atoms with van der Waals surface area (Å²) in [5.74, 6) is 0.936. The Hall–Kier alpha value is -5.91. The zero-order valence-electron chi connectivity index (χ0n) is 27.6. The van der Waals surface area contributed by atoms with Crippen molar-refractivity contribution in [3.8, 4) is 34.5 Å². The predicted octanol–water partition coefficient (Wildman–Crippen LogP) is 6.23. The summed E-state index contributed by atoms with van der Waals surface area (Å²) in [7, 11) is 7.48. The minimum absolute atomic E-state index is 0.123. The lowest BCUT2D eigenvalue weighted by Gasteiger charge is -2.23. The Morgan fingerprint density at radius 3 is 1.83 bits per heavy atom. The number of benzene rings is 4. The number of para-hydroxylation sites is 1. The van der Waals surface area contributed by atoms with Crippen molar-refractivity contribution in [2.45, 2.75) is 19.3 Å². The Kier molecular flexibility index (Phi) is 11.7. The number of phenols is 1. The number of carbonyl (C=O) groups is 3. The van der Waals surface area contributed by atoms with E-state index < -0.39 is 11.9 Å². The Labute approximate surface area is 278 Å². The zero-order chi connectivity index (χ0) is 34.8. The quantitative estimate of drug-likeness (QED) is 0.116. The molecule has 12 nitrogen and oxygen atoms in total. The fourth-order valence-electron chi connectivity index (χ4n) is 5.33. The number of hydrogen-bond acceptors (Lipinski definition) is 9. The molecular weight excluding hydrogens is 618 g/mol. The molecule has 0 heterocycles. The Balaban J connectivity index is 1.60. The number of urea groups is 1. The summed E-state index contributed by atoms with van der Waals surface area (Å²) in [5, 5.41) is 18.6. The molecule has 0 saturated heterocycles. The van der Waals surface area contributed by atoms with Crippen molar-refractivity contribution in [2.75, 3.05) is 52.7 Å². The third kappa shape index (κ3) is 8.08. The number of ether oxygens (including phenoxy) is 5. The second-order valence-electron chi connectivity index (χ2n) is 10.6. The number of ketones is 1. The van der Waals surface area contributed by atoms with Gasteiger partial charge in [0.2, 0.25) is 5.75 Å². The molecular formula is C36H39N3O9. The van der Waals surface area contributed by atoms with E-state index in [4.69, 9.17) is 23.7 Å². The minimum atomic E-state index is -0.501. The highest BCUT2D eigenvalue weighted by Crippen LogP contribution is 2.40. The molecule has 4 aromatic carbocycles. The number of Topliss-reactive ketones (excluding diaryl/α,β-unsaturated/α-hetero) is 1. The van der Waals surface area contributed by atoms with Gasteiger partial charge in [-0.25, -0.2) is 4.79 Å². The van der Waals surface area contributed by atoms with E-state index in [2.05, 4.69) is 16.0 Å². The molecule has 3 amide bonds. The van der Waals surface area contributed by atoms with Gasteiger partial charge in [-0.15, -0.1) is 0 Å². The first-order valence-electron chi connectivity index (χ1n) is 14.9. The number of anilines is 2. The Morgan fingerprint density at radius 2 is 1.27 bits per heavy atom. The van der Waals surface area contributed by atoms with Gasteiger partial charge in [-0.3, -0.25) is 9.59 Å². The number of phenolic OH excluding ortho intramolecular Hbond substituents is 1. The monoisotopic (exact) mass is 657 g/mol. The van der Waals surface area contributed by atoms with Gasteiger partial charge in [-0.1, -0.05) is 24.3 Å². The highest BCUT2D eigenvalue weighted by molar-refractivity contribution is 6.00. The molecule has 252 valence electrons. The number of amides is 3. The standard InChI is InChI=1S/C36H39N3O9/c1-21(40)27-19-30(44-2)31(45-3)20-28(27)25(15-16-37-35(42)26-9-7-8-10-29(26)41)22-11-13-23(14-12-22)38-36(43)39-24-17-32(46-4)34(48-6)33(18-24)47-5/h7-14,17-20,25,41H,15-16H2,1-6H3,(H,37,42)(H2,38,39,43). The first kappa shape index (κ1) is 35.0. The van der Waals surface area contributed by atoms with Crippen LogP contribution in [0.15, 0.2) is 72.8 Å². The first-order valence-corrected chi connectivity index (χ1v) is 14.9. The third-order valence-electron chi connectivity index (χ3n) is 7.67. The number of aromatic hydroxyl groups is 1. The van der Waals surface area contributed by atoms with Crippen LogP contribution in [0.5, 0.6) is 34.5 Å². The molecule has 0 bridgehead atoms. The number of methoxy groups -OCH3 is 5. The molecule has 0 saturated carbocycles. The van der Waals surface area contributed by atoms with Crippen molar-refractivity contribution in [1.82, 2.24) is 5.32 Å². The smallest absolute Gasteiger partial charge is 0.323 e. The van der Waals surface area contributed by atoms with Crippen molar-refractivity contribution in [3.63, 3.8) is 0 Å². The summed E-state index contributed by atoms with van der Waals surface area (Å²) in [4.78, 5) is 38.6. The van der Waals surface area contributed by atoms with E-state index in [1.165, 1.54) is 54.6 Å². The van der Waals surface area contributed by atoms with Gasteiger partial charge in [-0.05, 0) is 60.9 Å². The first-order chi connectivity index (χ1) is 23.1. The van der Waals surface area contributed by atoms with Crippen molar-refractivity contribution in [1.29, 1.82) is 0 Å². The largest absolute Gasteiger partial charge is 0.507 e. The number of hydrogen-bond donors (Lipinski definition) is 4. The summed E-state index contributed by atoms with van der Waals surface area (Å²) in [6.45, 7) is 1.70. The lowest BCUT2D eigenvalue weighted by atomic mass is 9.84. The summed E-state index contributed by atoms with van der Waals surface area (Å²) >= 11 is 0. The van der Waals surface area contributed by atoms with Crippen molar-refractivity contribution in [2.24, 2.45) is 0 Å². The molecule has 0 aliphatic carbocycles. The molecule has 12 heteroatoms. The van der Waals surface area contributed by atoms with Gasteiger partial charge in [0.15, 0.2) is 28.8 Å². The van der Waals surface area contributed by atoms with E-state index >= 15 is 0 Å². The molecule has 48 heavy (non-hydrogen) atoms. The van der Waals surface area contributed by atoms with E-state index in [9.17, 15) is 19.5 Å². The maximum atomic E-state index is 12.9. The second-order valence-corrected chi connectivity index (χ2v) is 10.6. The van der Waals surface area contributed by atoms with Gasteiger partial charge >= 0.3 is 6.03 Å². The van der Waals surface area contributed by atoms with Gasteiger partial charge in [0.1, 0.15) is 5.75 Å². The zero-order valence-corrected chi connectivity index (χ0v) is 27.6. The molecule has 0 aliphatic rings. The normalized spacial score (nSPS) is 11.1. The molecule has 0 radical (unpaired) electrons. The second kappa shape index (κ2) is 16.1. The van der Waals surface area contributed by atoms with Gasteiger partial charge in [-0.2, -0.15) is 0 Å². The van der Waals surface area contributed by atoms with Gasteiger partial charge in [0, 0.05) is 35.8 Å². The van der Waals surface area contributed by atoms with E-state index in [-0.39, 0.29) is 29.6 Å². The highest BCUT2D eigenvalue weighted by atomic mass is 16.5. The minimum Gasteiger partial charge on any atom is -0.507 e. The van der Waals surface area contributed by atoms with Crippen LogP contribution in [0.25, 0.3) is 0 Å². The molecule has 4 rings (SSSR count). The third-order valence-corrected chi connectivity index (χ3v) is 7.67. The van der Waals surface area contributed by atoms with Crippen LogP contribution in [-0.4, -0.2) is 64.9 Å². The van der Waals surface area contributed by atoms with E-state index in [1.807, 2.05) is 12.1 Å². The molecule has 0 fully saturated rings. The van der Waals surface area contributed by atoms with E-state index in [0.717, 1.165) is 5.56 Å². The van der Waals surface area contributed by atoms with Crippen LogP contribution in [0.2, 0.25) is 0 Å². The summed E-state index contributed by atoms with van der Waals surface area (Å²) in [6, 6.07) is 19.6. The SMILES string of the molecule is COc1cc(C(C)=O)c(C(CCNC(=O)c2ccccc2O)c2ccc(NC(=O)Nc3cc(OC)c(OC)c(OC)c3)cc2)cc1OC. The van der Waals surface area contributed by atoms with Crippen LogP contribution < -0.4 is 39.6 Å². The van der Waals surface area contributed by atoms with Crippen LogP contribution in [0.3, 0.4) is 0 Å². The molecule has 1 atom stereocenters. The van der Waals surface area contributed by atoms with Crippen molar-refractivity contribution < 1.29 is 43.2 Å². The van der Waals surface area contributed by atoms with Crippen LogP contribution in [0.1, 0.15) is 51.1 Å². The maximum absolute atomic E-state index is 12.9. The van der Waals surface area contributed by atoms with E-state index in [1.54, 1.807) is 48.5 Å².